The van der Waals surface area contributed by atoms with Crippen LogP contribution in [0.2, 0.25) is 0 Å². The second-order valence-corrected chi connectivity index (χ2v) is 4.68. The van der Waals surface area contributed by atoms with Crippen molar-refractivity contribution in [3.05, 3.63) is 48.2 Å². The second kappa shape index (κ2) is 8.21. The highest BCUT2D eigenvalue weighted by Gasteiger charge is 2.11. The number of nitrogens with two attached hydrogens (primary N) is 1. The lowest BCUT2D eigenvalue weighted by Gasteiger charge is -2.22. The van der Waals surface area contributed by atoms with Crippen molar-refractivity contribution in [3.63, 3.8) is 0 Å². The van der Waals surface area contributed by atoms with Crippen molar-refractivity contribution in [1.82, 2.24) is 9.97 Å². The molecule has 1 heterocycles. The Bertz CT molecular complexity index is 533. The van der Waals surface area contributed by atoms with Crippen LogP contribution in [0.5, 0.6) is 5.88 Å². The van der Waals surface area contributed by atoms with Crippen molar-refractivity contribution in [2.24, 2.45) is 5.73 Å². The number of nitrogens with zero attached hydrogens (tertiary/aromatic N) is 3. The van der Waals surface area contributed by atoms with E-state index in [1.54, 1.807) is 12.3 Å². The Hall–Kier alpha value is -2.14. The molecule has 0 radical (unpaired) electrons. The molecule has 21 heavy (non-hydrogen) atoms. The Balaban J connectivity index is 2.16. The molecule has 0 saturated heterocycles. The molecule has 0 aliphatic rings. The monoisotopic (exact) mass is 286 g/mol. The third kappa shape index (κ3) is 4.72. The van der Waals surface area contributed by atoms with E-state index in [-0.39, 0.29) is 0 Å². The fraction of sp³-hybridized carbons (Fsp3) is 0.375. The van der Waals surface area contributed by atoms with E-state index in [4.69, 9.17) is 10.5 Å². The predicted molar refractivity (Wildman–Crippen MR) is 84.4 cm³/mol. The maximum atomic E-state index is 5.63. The first kappa shape index (κ1) is 15.3. The highest BCUT2D eigenvalue weighted by atomic mass is 16.5. The summed E-state index contributed by atoms with van der Waals surface area (Å²) in [5.41, 5.74) is 6.86. The van der Waals surface area contributed by atoms with Crippen LogP contribution < -0.4 is 15.4 Å². The number of anilines is 1. The van der Waals surface area contributed by atoms with E-state index in [0.717, 1.165) is 19.5 Å². The van der Waals surface area contributed by atoms with Gasteiger partial charge in [0, 0.05) is 25.4 Å². The average molecular weight is 286 g/mol. The zero-order chi connectivity index (χ0) is 14.9. The maximum absolute atomic E-state index is 5.63. The molecule has 2 rings (SSSR count). The van der Waals surface area contributed by atoms with E-state index in [1.165, 1.54) is 5.56 Å². The smallest absolute Gasteiger partial charge is 0.228 e. The van der Waals surface area contributed by atoms with Crippen LogP contribution in [0.1, 0.15) is 18.9 Å². The number of aromatic nitrogens is 2. The van der Waals surface area contributed by atoms with E-state index in [0.29, 0.717) is 25.0 Å². The van der Waals surface area contributed by atoms with Gasteiger partial charge in [0.2, 0.25) is 11.8 Å². The molecule has 2 N–H and O–H groups in total. The molecule has 0 saturated carbocycles. The summed E-state index contributed by atoms with van der Waals surface area (Å²) in [4.78, 5) is 11.0. The minimum Gasteiger partial charge on any atom is -0.478 e. The first-order valence-electron chi connectivity index (χ1n) is 7.28. The van der Waals surface area contributed by atoms with Gasteiger partial charge in [-0.3, -0.25) is 0 Å². The van der Waals surface area contributed by atoms with Crippen LogP contribution in [0.15, 0.2) is 42.6 Å². The second-order valence-electron chi connectivity index (χ2n) is 4.68. The quantitative estimate of drug-likeness (QED) is 0.806. The fourth-order valence-electron chi connectivity index (χ4n) is 2.05. The molecule has 0 aliphatic carbocycles. The van der Waals surface area contributed by atoms with Crippen molar-refractivity contribution in [2.45, 2.75) is 19.9 Å². The van der Waals surface area contributed by atoms with E-state index in [9.17, 15) is 0 Å². The minimum atomic E-state index is 0.595. The predicted octanol–water partition coefficient (Wildman–Crippen LogP) is 2.23. The van der Waals surface area contributed by atoms with Gasteiger partial charge in [0.25, 0.3) is 0 Å². The van der Waals surface area contributed by atoms with Gasteiger partial charge in [0.05, 0.1) is 6.61 Å². The Labute approximate surface area is 125 Å². The van der Waals surface area contributed by atoms with Crippen LogP contribution >= 0.6 is 0 Å². The molecule has 5 nitrogen and oxygen atoms in total. The summed E-state index contributed by atoms with van der Waals surface area (Å²) < 4.78 is 5.45. The SMILES string of the molecule is CCOc1ccnc(N(CCCN)Cc2ccccc2)n1. The number of benzene rings is 1. The molecule has 5 heteroatoms. The summed E-state index contributed by atoms with van der Waals surface area (Å²) in [6.07, 6.45) is 2.63. The number of ether oxygens (including phenoxy) is 1. The normalized spacial score (nSPS) is 10.4. The van der Waals surface area contributed by atoms with Gasteiger partial charge in [-0.1, -0.05) is 30.3 Å². The van der Waals surface area contributed by atoms with Crippen LogP contribution in [0.25, 0.3) is 0 Å². The van der Waals surface area contributed by atoms with Gasteiger partial charge in [0.1, 0.15) is 0 Å². The molecule has 0 atom stereocenters. The first-order chi connectivity index (χ1) is 10.3. The van der Waals surface area contributed by atoms with Gasteiger partial charge < -0.3 is 15.4 Å². The van der Waals surface area contributed by atoms with Crippen LogP contribution in [-0.4, -0.2) is 29.7 Å². The molecule has 112 valence electrons. The number of hydrogen-bond acceptors (Lipinski definition) is 5. The molecule has 2 aromatic rings. The zero-order valence-corrected chi connectivity index (χ0v) is 12.4. The van der Waals surface area contributed by atoms with Crippen LogP contribution in [0.4, 0.5) is 5.95 Å². The average Bonchev–Trinajstić information content (AvgIpc) is 2.53. The van der Waals surface area contributed by atoms with E-state index < -0.39 is 0 Å². The zero-order valence-electron chi connectivity index (χ0n) is 12.4. The Morgan fingerprint density at radius 1 is 1.19 bits per heavy atom. The molecule has 1 aromatic carbocycles. The molecule has 0 fully saturated rings. The molecule has 0 unspecified atom stereocenters. The summed E-state index contributed by atoms with van der Waals surface area (Å²) in [7, 11) is 0. The maximum Gasteiger partial charge on any atom is 0.228 e. The van der Waals surface area contributed by atoms with Gasteiger partial charge in [0.15, 0.2) is 0 Å². The molecule has 0 bridgehead atoms. The lowest BCUT2D eigenvalue weighted by molar-refractivity contribution is 0.326. The van der Waals surface area contributed by atoms with Gasteiger partial charge >= 0.3 is 0 Å². The van der Waals surface area contributed by atoms with Crippen molar-refractivity contribution < 1.29 is 4.74 Å². The lowest BCUT2D eigenvalue weighted by atomic mass is 10.2. The summed E-state index contributed by atoms with van der Waals surface area (Å²) in [6.45, 7) is 4.77. The minimum absolute atomic E-state index is 0.595. The topological polar surface area (TPSA) is 64.3 Å². The van der Waals surface area contributed by atoms with Gasteiger partial charge in [-0.15, -0.1) is 0 Å². The van der Waals surface area contributed by atoms with Crippen molar-refractivity contribution in [1.29, 1.82) is 0 Å². The highest BCUT2D eigenvalue weighted by molar-refractivity contribution is 5.34. The largest absolute Gasteiger partial charge is 0.478 e. The Morgan fingerprint density at radius 2 is 2.00 bits per heavy atom. The number of hydrogen-bond donors (Lipinski definition) is 1. The molecule has 0 amide bonds. The van der Waals surface area contributed by atoms with E-state index >= 15 is 0 Å². The van der Waals surface area contributed by atoms with Crippen molar-refractivity contribution in [3.8, 4) is 5.88 Å². The van der Waals surface area contributed by atoms with Gasteiger partial charge in [-0.05, 0) is 25.5 Å². The molecule has 1 aromatic heterocycles. The fourth-order valence-corrected chi connectivity index (χ4v) is 2.05. The summed E-state index contributed by atoms with van der Waals surface area (Å²) in [5.74, 6) is 1.28. The van der Waals surface area contributed by atoms with Crippen LogP contribution in [0, 0.1) is 0 Å². The lowest BCUT2D eigenvalue weighted by Crippen LogP contribution is -2.27. The van der Waals surface area contributed by atoms with Gasteiger partial charge in [-0.2, -0.15) is 4.98 Å². The van der Waals surface area contributed by atoms with Gasteiger partial charge in [-0.25, -0.2) is 4.98 Å². The third-order valence-corrected chi connectivity index (χ3v) is 3.04. The number of rotatable bonds is 8. The molecular weight excluding hydrogens is 264 g/mol. The summed E-state index contributed by atoms with van der Waals surface area (Å²) in [6, 6.07) is 12.1. The van der Waals surface area contributed by atoms with E-state index in [2.05, 4.69) is 27.0 Å². The Morgan fingerprint density at radius 3 is 2.71 bits per heavy atom. The van der Waals surface area contributed by atoms with Crippen LogP contribution in [0.3, 0.4) is 0 Å². The molecular formula is C16H22N4O. The molecule has 0 spiro atoms. The highest BCUT2D eigenvalue weighted by Crippen LogP contribution is 2.16. The van der Waals surface area contributed by atoms with E-state index in [1.807, 2.05) is 25.1 Å². The van der Waals surface area contributed by atoms with Crippen molar-refractivity contribution in [2.75, 3.05) is 24.6 Å². The summed E-state index contributed by atoms with van der Waals surface area (Å²) >= 11 is 0. The first-order valence-corrected chi connectivity index (χ1v) is 7.28. The van der Waals surface area contributed by atoms with Crippen LogP contribution in [-0.2, 0) is 6.54 Å². The standard InChI is InChI=1S/C16H22N4O/c1-2-21-15-9-11-18-16(19-15)20(12-6-10-17)13-14-7-4-3-5-8-14/h3-5,7-9,11H,2,6,10,12-13,17H2,1H3. The third-order valence-electron chi connectivity index (χ3n) is 3.04. The summed E-state index contributed by atoms with van der Waals surface area (Å²) in [5, 5.41) is 0. The van der Waals surface area contributed by atoms with Crippen molar-refractivity contribution >= 4 is 5.95 Å². The molecule has 0 aliphatic heterocycles. The Kier molecular flexibility index (Phi) is 5.97.